The average molecular weight is 455 g/mol. The molecule has 0 radical (unpaired) electrons. The summed E-state index contributed by atoms with van der Waals surface area (Å²) in [6.07, 6.45) is 8.48. The first-order chi connectivity index (χ1) is 16.2. The Labute approximate surface area is 197 Å². The molecule has 2 aliphatic rings. The van der Waals surface area contributed by atoms with Crippen LogP contribution in [-0.4, -0.2) is 66.2 Å². The number of aromatic nitrogens is 2. The predicted molar refractivity (Wildman–Crippen MR) is 128 cm³/mol. The topological polar surface area (TPSA) is 79.5 Å². The summed E-state index contributed by atoms with van der Waals surface area (Å²) in [6, 6.07) is 12.8. The molecule has 1 saturated heterocycles. The summed E-state index contributed by atoms with van der Waals surface area (Å²) in [7, 11) is 1.65. The van der Waals surface area contributed by atoms with Gasteiger partial charge in [0.2, 0.25) is 0 Å². The molecule has 2 fully saturated rings. The smallest absolute Gasteiger partial charge is 0.318 e. The zero-order valence-corrected chi connectivity index (χ0v) is 19.9. The van der Waals surface area contributed by atoms with Gasteiger partial charge in [0, 0.05) is 31.5 Å². The molecule has 1 aromatic heterocycles. The Morgan fingerprint density at radius 2 is 1.97 bits per heavy atom. The number of ether oxygens (including phenoxy) is 2. The van der Waals surface area contributed by atoms with E-state index in [2.05, 4.69) is 45.8 Å². The van der Waals surface area contributed by atoms with E-state index in [1.807, 2.05) is 17.9 Å². The third-order valence-electron chi connectivity index (χ3n) is 7.20. The van der Waals surface area contributed by atoms with Crippen LogP contribution in [0.5, 0.6) is 0 Å². The number of piperidine rings is 1. The maximum absolute atomic E-state index is 13.1. The fourth-order valence-corrected chi connectivity index (χ4v) is 5.46. The van der Waals surface area contributed by atoms with E-state index in [4.69, 9.17) is 9.47 Å². The number of aromatic amines is 1. The fraction of sp³-hybridized carbons (Fsp3) is 0.615. The van der Waals surface area contributed by atoms with Crippen LogP contribution in [0, 0.1) is 0 Å². The molecule has 2 amide bonds. The van der Waals surface area contributed by atoms with Crippen molar-refractivity contribution >= 4 is 6.03 Å². The predicted octanol–water partition coefficient (Wildman–Crippen LogP) is 4.45. The molecule has 2 heterocycles. The second kappa shape index (κ2) is 11.7. The van der Waals surface area contributed by atoms with E-state index in [0.29, 0.717) is 19.1 Å². The van der Waals surface area contributed by atoms with Gasteiger partial charge in [-0.15, -0.1) is 0 Å². The van der Waals surface area contributed by atoms with Crippen LogP contribution in [0.4, 0.5) is 4.79 Å². The lowest BCUT2D eigenvalue weighted by Gasteiger charge is -2.42. The summed E-state index contributed by atoms with van der Waals surface area (Å²) in [5, 5.41) is 10.4. The van der Waals surface area contributed by atoms with Gasteiger partial charge in [-0.1, -0.05) is 30.3 Å². The molecular formula is C26H38N4O3. The Kier molecular flexibility index (Phi) is 8.40. The first-order valence-corrected chi connectivity index (χ1v) is 12.4. The van der Waals surface area contributed by atoms with Gasteiger partial charge in [0.05, 0.1) is 31.4 Å². The molecule has 4 rings (SSSR count). The van der Waals surface area contributed by atoms with Gasteiger partial charge < -0.3 is 19.7 Å². The molecule has 2 N–H and O–H groups in total. The summed E-state index contributed by atoms with van der Waals surface area (Å²) in [5.41, 5.74) is 2.52. The van der Waals surface area contributed by atoms with E-state index < -0.39 is 0 Å². The lowest BCUT2D eigenvalue weighted by atomic mass is 9.82. The summed E-state index contributed by atoms with van der Waals surface area (Å²) in [5.74, 6) is 0.827. The molecule has 2 aromatic rings. The van der Waals surface area contributed by atoms with Crippen LogP contribution in [-0.2, 0) is 9.47 Å². The number of H-pyrrole nitrogens is 1. The molecule has 1 aromatic carbocycles. The quantitative estimate of drug-likeness (QED) is 0.618. The zero-order valence-electron chi connectivity index (χ0n) is 19.9. The minimum atomic E-state index is -0.0372. The third kappa shape index (κ3) is 6.15. The van der Waals surface area contributed by atoms with Crippen molar-refractivity contribution in [3.05, 3.63) is 53.9 Å². The van der Waals surface area contributed by atoms with Gasteiger partial charge in [-0.25, -0.2) is 4.79 Å². The van der Waals surface area contributed by atoms with E-state index in [9.17, 15) is 4.79 Å². The number of urea groups is 1. The molecule has 0 spiro atoms. The van der Waals surface area contributed by atoms with Crippen LogP contribution in [0.3, 0.4) is 0 Å². The molecule has 180 valence electrons. The van der Waals surface area contributed by atoms with Crippen LogP contribution >= 0.6 is 0 Å². The van der Waals surface area contributed by atoms with Crippen LogP contribution in [0.2, 0.25) is 0 Å². The van der Waals surface area contributed by atoms with Crippen LogP contribution in [0.15, 0.2) is 42.6 Å². The molecule has 1 aliphatic carbocycles. The molecular weight excluding hydrogens is 416 g/mol. The van der Waals surface area contributed by atoms with Gasteiger partial charge in [-0.2, -0.15) is 5.10 Å². The van der Waals surface area contributed by atoms with E-state index in [1.54, 1.807) is 13.3 Å². The Morgan fingerprint density at radius 1 is 1.18 bits per heavy atom. The van der Waals surface area contributed by atoms with Crippen molar-refractivity contribution in [3.8, 4) is 0 Å². The molecule has 3 unspecified atom stereocenters. The molecule has 7 heteroatoms. The first-order valence-electron chi connectivity index (χ1n) is 12.4. The van der Waals surface area contributed by atoms with Crippen molar-refractivity contribution in [3.63, 3.8) is 0 Å². The molecule has 1 saturated carbocycles. The van der Waals surface area contributed by atoms with Crippen molar-refractivity contribution < 1.29 is 14.3 Å². The number of amides is 2. The highest BCUT2D eigenvalue weighted by Gasteiger charge is 2.37. The molecule has 1 aliphatic heterocycles. The second-order valence-corrected chi connectivity index (χ2v) is 9.54. The summed E-state index contributed by atoms with van der Waals surface area (Å²) in [6.45, 7) is 3.76. The molecule has 0 bridgehead atoms. The largest absolute Gasteiger partial charge is 0.383 e. The minimum absolute atomic E-state index is 0.0132. The van der Waals surface area contributed by atoms with E-state index >= 15 is 0 Å². The monoisotopic (exact) mass is 454 g/mol. The van der Waals surface area contributed by atoms with Crippen molar-refractivity contribution in [2.75, 3.05) is 26.9 Å². The molecule has 3 atom stereocenters. The average Bonchev–Trinajstić information content (AvgIpc) is 3.38. The van der Waals surface area contributed by atoms with Crippen LogP contribution < -0.4 is 5.32 Å². The number of hydrogen-bond acceptors (Lipinski definition) is 4. The van der Waals surface area contributed by atoms with Crippen LogP contribution in [0.25, 0.3) is 0 Å². The standard InChI is InChI=1S/C26H38N4O3/c1-19(17-32-2)28-26(31)30-16-6-9-23(24-14-15-27-29-24)25(30)18-33-22-12-10-21(11-13-22)20-7-4-3-5-8-20/h3-5,7-8,14-15,19,21-23,25H,6,9-13,16-18H2,1-2H3,(H,27,29)(H,28,31). The number of carbonyl (C=O) groups is 1. The van der Waals surface area contributed by atoms with Gasteiger partial charge in [-0.3, -0.25) is 5.10 Å². The number of benzene rings is 1. The maximum Gasteiger partial charge on any atom is 0.318 e. The Balaban J connectivity index is 1.38. The van der Waals surface area contributed by atoms with E-state index in [1.165, 1.54) is 5.56 Å². The van der Waals surface area contributed by atoms with Gasteiger partial charge in [0.15, 0.2) is 0 Å². The second-order valence-electron chi connectivity index (χ2n) is 9.54. The highest BCUT2D eigenvalue weighted by atomic mass is 16.5. The number of nitrogens with zero attached hydrogens (tertiary/aromatic N) is 2. The summed E-state index contributed by atoms with van der Waals surface area (Å²) in [4.78, 5) is 15.1. The normalized spacial score (nSPS) is 26.7. The Morgan fingerprint density at radius 3 is 2.67 bits per heavy atom. The van der Waals surface area contributed by atoms with Gasteiger partial charge >= 0.3 is 6.03 Å². The third-order valence-corrected chi connectivity index (χ3v) is 7.20. The van der Waals surface area contributed by atoms with Crippen molar-refractivity contribution in [2.45, 2.75) is 75.5 Å². The van der Waals surface area contributed by atoms with Crippen molar-refractivity contribution in [1.82, 2.24) is 20.4 Å². The first kappa shape index (κ1) is 23.8. The minimum Gasteiger partial charge on any atom is -0.383 e. The van der Waals surface area contributed by atoms with E-state index in [0.717, 1.165) is 50.8 Å². The van der Waals surface area contributed by atoms with Gasteiger partial charge in [0.1, 0.15) is 0 Å². The lowest BCUT2D eigenvalue weighted by molar-refractivity contribution is -0.0175. The zero-order chi connectivity index (χ0) is 23.0. The Hall–Kier alpha value is -2.38. The Bertz CT molecular complexity index is 836. The number of hydrogen-bond donors (Lipinski definition) is 2. The lowest BCUT2D eigenvalue weighted by Crippen LogP contribution is -2.55. The number of rotatable bonds is 8. The van der Waals surface area contributed by atoms with E-state index in [-0.39, 0.29) is 30.1 Å². The number of nitrogens with one attached hydrogen (secondary N) is 2. The maximum atomic E-state index is 13.1. The molecule has 7 nitrogen and oxygen atoms in total. The summed E-state index contributed by atoms with van der Waals surface area (Å²) < 4.78 is 11.7. The highest BCUT2D eigenvalue weighted by Crippen LogP contribution is 2.36. The number of likely N-dealkylation sites (tertiary alicyclic amines) is 1. The highest BCUT2D eigenvalue weighted by molar-refractivity contribution is 5.75. The van der Waals surface area contributed by atoms with Crippen LogP contribution in [0.1, 0.15) is 68.5 Å². The van der Waals surface area contributed by atoms with Gasteiger partial charge in [-0.05, 0) is 63.0 Å². The van der Waals surface area contributed by atoms with Gasteiger partial charge in [0.25, 0.3) is 0 Å². The number of carbonyl (C=O) groups excluding carboxylic acids is 1. The molecule has 33 heavy (non-hydrogen) atoms. The number of methoxy groups -OCH3 is 1. The SMILES string of the molecule is COCC(C)NC(=O)N1CCCC(c2ccn[nH]2)C1COC1CCC(c2ccccc2)CC1. The summed E-state index contributed by atoms with van der Waals surface area (Å²) >= 11 is 0. The fourth-order valence-electron chi connectivity index (χ4n) is 5.46. The van der Waals surface area contributed by atoms with Crippen molar-refractivity contribution in [1.29, 1.82) is 0 Å². The van der Waals surface area contributed by atoms with Crippen molar-refractivity contribution in [2.24, 2.45) is 0 Å².